The number of aryl methyl sites for hydroxylation is 1. The number of nitrogens with zero attached hydrogens (tertiary/aromatic N) is 1. The highest BCUT2D eigenvalue weighted by Crippen LogP contribution is 2.17. The molecule has 0 radical (unpaired) electrons. The van der Waals surface area contributed by atoms with Crippen molar-refractivity contribution >= 4 is 0 Å². The third-order valence-electron chi connectivity index (χ3n) is 2.31. The molecule has 0 aromatic heterocycles. The molecule has 14 heavy (non-hydrogen) atoms. The molecule has 0 heterocycles. The summed E-state index contributed by atoms with van der Waals surface area (Å²) < 4.78 is 0. The Hall–Kier alpha value is -1.37. The Balaban J connectivity index is 3.13. The van der Waals surface area contributed by atoms with Gasteiger partial charge in [0, 0.05) is 12.6 Å². The monoisotopic (exact) mass is 189 g/mol. The number of benzene rings is 1. The van der Waals surface area contributed by atoms with E-state index in [4.69, 9.17) is 16.7 Å². The summed E-state index contributed by atoms with van der Waals surface area (Å²) >= 11 is 0. The summed E-state index contributed by atoms with van der Waals surface area (Å²) in [6.07, 6.45) is 0.874. The van der Waals surface area contributed by atoms with Gasteiger partial charge in [-0.1, -0.05) is 13.0 Å². The summed E-state index contributed by atoms with van der Waals surface area (Å²) in [4.78, 5) is 0. The Morgan fingerprint density at radius 1 is 1.50 bits per heavy atom. The van der Waals surface area contributed by atoms with Crippen molar-refractivity contribution in [3.05, 3.63) is 34.9 Å². The van der Waals surface area contributed by atoms with E-state index in [1.807, 2.05) is 19.1 Å². The predicted octanol–water partition coefficient (Wildman–Crippen LogP) is 1.08. The molecule has 1 aromatic carbocycles. The summed E-state index contributed by atoms with van der Waals surface area (Å²) in [5, 5.41) is 8.74. The topological polar surface area (TPSA) is 75.8 Å². The Bertz CT molecular complexity index is 352. The third-order valence-corrected chi connectivity index (χ3v) is 2.31. The molecule has 1 rings (SSSR count). The minimum Gasteiger partial charge on any atom is -0.329 e. The molecule has 0 bridgehead atoms. The van der Waals surface area contributed by atoms with E-state index in [1.165, 1.54) is 0 Å². The summed E-state index contributed by atoms with van der Waals surface area (Å²) in [6, 6.07) is 7.55. The van der Waals surface area contributed by atoms with Crippen molar-refractivity contribution in [3.63, 3.8) is 0 Å². The van der Waals surface area contributed by atoms with Crippen LogP contribution >= 0.6 is 0 Å². The molecule has 0 saturated carbocycles. The first-order valence-electron chi connectivity index (χ1n) is 4.71. The van der Waals surface area contributed by atoms with Crippen molar-refractivity contribution in [3.8, 4) is 6.07 Å². The summed E-state index contributed by atoms with van der Waals surface area (Å²) in [6.45, 7) is 2.47. The average Bonchev–Trinajstić information content (AvgIpc) is 2.27. The standard InChI is InChI=1S/C11H15N3/c1-2-9-5-8(6-12)3-4-10(9)11(14)7-13/h3-5,11H,2,7,13-14H2,1H3. The van der Waals surface area contributed by atoms with E-state index in [0.717, 1.165) is 17.5 Å². The van der Waals surface area contributed by atoms with Gasteiger partial charge in [-0.15, -0.1) is 0 Å². The van der Waals surface area contributed by atoms with Crippen LogP contribution in [0.15, 0.2) is 18.2 Å². The fourth-order valence-electron chi connectivity index (χ4n) is 1.47. The third kappa shape index (κ3) is 2.11. The van der Waals surface area contributed by atoms with Crippen LogP contribution in [0.5, 0.6) is 0 Å². The van der Waals surface area contributed by atoms with Gasteiger partial charge in [0.05, 0.1) is 11.6 Å². The zero-order valence-electron chi connectivity index (χ0n) is 8.33. The van der Waals surface area contributed by atoms with Crippen LogP contribution < -0.4 is 11.5 Å². The van der Waals surface area contributed by atoms with Crippen LogP contribution in [-0.2, 0) is 6.42 Å². The van der Waals surface area contributed by atoms with Gasteiger partial charge in [0.25, 0.3) is 0 Å². The minimum absolute atomic E-state index is 0.127. The highest BCUT2D eigenvalue weighted by Gasteiger charge is 2.08. The van der Waals surface area contributed by atoms with E-state index in [1.54, 1.807) is 6.07 Å². The van der Waals surface area contributed by atoms with Gasteiger partial charge in [0.2, 0.25) is 0 Å². The molecule has 0 saturated heterocycles. The largest absolute Gasteiger partial charge is 0.329 e. The van der Waals surface area contributed by atoms with E-state index >= 15 is 0 Å². The maximum absolute atomic E-state index is 8.74. The van der Waals surface area contributed by atoms with Crippen LogP contribution in [-0.4, -0.2) is 6.54 Å². The minimum atomic E-state index is -0.127. The number of nitriles is 1. The highest BCUT2D eigenvalue weighted by molar-refractivity contribution is 5.39. The smallest absolute Gasteiger partial charge is 0.0991 e. The summed E-state index contributed by atoms with van der Waals surface area (Å²) in [7, 11) is 0. The van der Waals surface area contributed by atoms with Crippen LogP contribution in [0, 0.1) is 11.3 Å². The molecule has 0 amide bonds. The van der Waals surface area contributed by atoms with Gasteiger partial charge >= 0.3 is 0 Å². The van der Waals surface area contributed by atoms with Crippen molar-refractivity contribution in [2.24, 2.45) is 11.5 Å². The first-order valence-corrected chi connectivity index (χ1v) is 4.71. The second-order valence-electron chi connectivity index (χ2n) is 3.22. The molecular weight excluding hydrogens is 174 g/mol. The van der Waals surface area contributed by atoms with Crippen LogP contribution in [0.1, 0.15) is 29.7 Å². The molecule has 3 nitrogen and oxygen atoms in total. The Morgan fingerprint density at radius 3 is 2.71 bits per heavy atom. The van der Waals surface area contributed by atoms with Gasteiger partial charge in [0.15, 0.2) is 0 Å². The molecular formula is C11H15N3. The molecule has 1 atom stereocenters. The van der Waals surface area contributed by atoms with E-state index < -0.39 is 0 Å². The van der Waals surface area contributed by atoms with Crippen LogP contribution in [0.4, 0.5) is 0 Å². The maximum Gasteiger partial charge on any atom is 0.0991 e. The molecule has 4 N–H and O–H groups in total. The molecule has 0 aliphatic heterocycles. The number of hydrogen-bond acceptors (Lipinski definition) is 3. The lowest BCUT2D eigenvalue weighted by Crippen LogP contribution is -2.22. The zero-order valence-corrected chi connectivity index (χ0v) is 8.33. The summed E-state index contributed by atoms with van der Waals surface area (Å²) in [5.74, 6) is 0. The van der Waals surface area contributed by atoms with Gasteiger partial charge in [-0.2, -0.15) is 5.26 Å². The van der Waals surface area contributed by atoms with Gasteiger partial charge in [-0.3, -0.25) is 0 Å². The van der Waals surface area contributed by atoms with Gasteiger partial charge in [0.1, 0.15) is 0 Å². The molecule has 74 valence electrons. The van der Waals surface area contributed by atoms with Crippen molar-refractivity contribution in [2.75, 3.05) is 6.54 Å². The van der Waals surface area contributed by atoms with E-state index in [-0.39, 0.29) is 6.04 Å². The van der Waals surface area contributed by atoms with Crippen molar-refractivity contribution in [1.29, 1.82) is 5.26 Å². The lowest BCUT2D eigenvalue weighted by molar-refractivity contribution is 0.726. The second-order valence-corrected chi connectivity index (χ2v) is 3.22. The SMILES string of the molecule is CCc1cc(C#N)ccc1C(N)CN. The molecule has 3 heteroatoms. The predicted molar refractivity (Wildman–Crippen MR) is 56.5 cm³/mol. The van der Waals surface area contributed by atoms with Crippen molar-refractivity contribution in [1.82, 2.24) is 0 Å². The van der Waals surface area contributed by atoms with E-state index in [2.05, 4.69) is 6.07 Å². The Morgan fingerprint density at radius 2 is 2.21 bits per heavy atom. The second kappa shape index (κ2) is 4.75. The van der Waals surface area contributed by atoms with Crippen LogP contribution in [0.25, 0.3) is 0 Å². The zero-order chi connectivity index (χ0) is 10.6. The molecule has 1 unspecified atom stereocenters. The van der Waals surface area contributed by atoms with Crippen molar-refractivity contribution in [2.45, 2.75) is 19.4 Å². The Labute approximate surface area is 84.3 Å². The van der Waals surface area contributed by atoms with Crippen molar-refractivity contribution < 1.29 is 0 Å². The first kappa shape index (κ1) is 10.7. The Kier molecular flexibility index (Phi) is 3.63. The first-order chi connectivity index (χ1) is 6.72. The van der Waals surface area contributed by atoms with Gasteiger partial charge < -0.3 is 11.5 Å². The fraction of sp³-hybridized carbons (Fsp3) is 0.364. The van der Waals surface area contributed by atoms with Crippen LogP contribution in [0.2, 0.25) is 0 Å². The molecule has 0 fully saturated rings. The normalized spacial score (nSPS) is 12.1. The van der Waals surface area contributed by atoms with E-state index in [0.29, 0.717) is 12.1 Å². The lowest BCUT2D eigenvalue weighted by atomic mass is 9.97. The number of hydrogen-bond donors (Lipinski definition) is 2. The van der Waals surface area contributed by atoms with E-state index in [9.17, 15) is 0 Å². The number of nitrogens with two attached hydrogens (primary N) is 2. The highest BCUT2D eigenvalue weighted by atomic mass is 14.7. The number of rotatable bonds is 3. The lowest BCUT2D eigenvalue weighted by Gasteiger charge is -2.13. The average molecular weight is 189 g/mol. The molecule has 0 aliphatic rings. The molecule has 1 aromatic rings. The molecule has 0 aliphatic carbocycles. The molecule has 0 spiro atoms. The fourth-order valence-corrected chi connectivity index (χ4v) is 1.47. The van der Waals surface area contributed by atoms with Gasteiger partial charge in [-0.25, -0.2) is 0 Å². The van der Waals surface area contributed by atoms with Gasteiger partial charge in [-0.05, 0) is 29.7 Å². The maximum atomic E-state index is 8.74. The summed E-state index contributed by atoms with van der Waals surface area (Å²) in [5.41, 5.74) is 14.2. The van der Waals surface area contributed by atoms with Crippen LogP contribution in [0.3, 0.4) is 0 Å². The quantitative estimate of drug-likeness (QED) is 0.747.